The van der Waals surface area contributed by atoms with Crippen molar-refractivity contribution in [3.05, 3.63) is 35.9 Å². The Kier molecular flexibility index (Phi) is 6.89. The Balaban J connectivity index is 1.96. The van der Waals surface area contributed by atoms with E-state index in [1.54, 1.807) is 33.1 Å². The molecule has 1 aliphatic rings. The lowest BCUT2D eigenvalue weighted by Gasteiger charge is -2.45. The summed E-state index contributed by atoms with van der Waals surface area (Å²) in [7, 11) is 1.55. The number of carbonyl (C=O) groups excluding carboxylic acids is 2. The summed E-state index contributed by atoms with van der Waals surface area (Å²) < 4.78 is 15.8. The van der Waals surface area contributed by atoms with Crippen molar-refractivity contribution in [1.29, 1.82) is 0 Å². The summed E-state index contributed by atoms with van der Waals surface area (Å²) in [6.07, 6.45) is -0.0932. The van der Waals surface area contributed by atoms with Crippen LogP contribution in [0.2, 0.25) is 0 Å². The zero-order valence-electron chi connectivity index (χ0n) is 17.3. The van der Waals surface area contributed by atoms with Crippen LogP contribution in [0.1, 0.15) is 39.2 Å². The van der Waals surface area contributed by atoms with Gasteiger partial charge in [-0.1, -0.05) is 51.1 Å². The SMILES string of the molecule is COC[C@]1(C)CC[C@@](OC(=O)CNC(=O)OCc2ccccc2)(C(=O)O)C1(C)C. The Labute approximate surface area is 170 Å². The van der Waals surface area contributed by atoms with Gasteiger partial charge in [-0.25, -0.2) is 9.59 Å². The van der Waals surface area contributed by atoms with E-state index in [4.69, 9.17) is 14.2 Å². The second-order valence-electron chi connectivity index (χ2n) is 8.14. The molecule has 1 saturated carbocycles. The molecule has 2 N–H and O–H groups in total. The highest BCUT2D eigenvalue weighted by atomic mass is 16.6. The summed E-state index contributed by atoms with van der Waals surface area (Å²) in [5.74, 6) is -2.04. The number of aliphatic carboxylic acids is 1. The van der Waals surface area contributed by atoms with Gasteiger partial charge in [0.25, 0.3) is 0 Å². The molecular weight excluding hydrogens is 378 g/mol. The van der Waals surface area contributed by atoms with E-state index in [1.165, 1.54) is 0 Å². The van der Waals surface area contributed by atoms with Crippen LogP contribution in [0, 0.1) is 10.8 Å². The number of nitrogens with one attached hydrogen (secondary N) is 1. The fourth-order valence-corrected chi connectivity index (χ4v) is 3.88. The summed E-state index contributed by atoms with van der Waals surface area (Å²) >= 11 is 0. The summed E-state index contributed by atoms with van der Waals surface area (Å²) in [4.78, 5) is 36.3. The molecule has 0 radical (unpaired) electrons. The van der Waals surface area contributed by atoms with Crippen molar-refractivity contribution in [1.82, 2.24) is 5.32 Å². The van der Waals surface area contributed by atoms with E-state index in [0.717, 1.165) is 5.56 Å². The predicted octanol–water partition coefficient (Wildman–Crippen LogP) is 2.75. The number of amides is 1. The molecule has 0 spiro atoms. The van der Waals surface area contributed by atoms with Gasteiger partial charge in [-0.3, -0.25) is 4.79 Å². The van der Waals surface area contributed by atoms with Crippen LogP contribution in [-0.4, -0.2) is 49.0 Å². The van der Waals surface area contributed by atoms with Crippen LogP contribution in [0.15, 0.2) is 30.3 Å². The topological polar surface area (TPSA) is 111 Å². The lowest BCUT2D eigenvalue weighted by Crippen LogP contribution is -2.56. The van der Waals surface area contributed by atoms with Crippen LogP contribution in [0.4, 0.5) is 4.79 Å². The van der Waals surface area contributed by atoms with Crippen molar-refractivity contribution < 1.29 is 33.7 Å². The second kappa shape index (κ2) is 8.82. The lowest BCUT2D eigenvalue weighted by atomic mass is 9.64. The average molecular weight is 407 g/mol. The molecule has 160 valence electrons. The molecule has 2 atom stereocenters. The van der Waals surface area contributed by atoms with Gasteiger partial charge in [-0.2, -0.15) is 0 Å². The molecule has 1 amide bonds. The fraction of sp³-hybridized carbons (Fsp3) is 0.571. The monoisotopic (exact) mass is 407 g/mol. The van der Waals surface area contributed by atoms with Crippen molar-refractivity contribution >= 4 is 18.0 Å². The normalized spacial score (nSPS) is 25.2. The number of ether oxygens (including phenoxy) is 3. The Hall–Kier alpha value is -2.61. The van der Waals surface area contributed by atoms with Crippen LogP contribution in [0.5, 0.6) is 0 Å². The molecule has 1 aromatic carbocycles. The number of hydrogen-bond acceptors (Lipinski definition) is 6. The number of rotatable bonds is 8. The van der Waals surface area contributed by atoms with Crippen molar-refractivity contribution in [3.63, 3.8) is 0 Å². The lowest BCUT2D eigenvalue weighted by molar-refractivity contribution is -0.196. The molecule has 0 heterocycles. The van der Waals surface area contributed by atoms with Gasteiger partial charge in [0.05, 0.1) is 6.61 Å². The summed E-state index contributed by atoms with van der Waals surface area (Å²) in [6, 6.07) is 9.09. The van der Waals surface area contributed by atoms with Gasteiger partial charge in [0.2, 0.25) is 5.60 Å². The highest BCUT2D eigenvalue weighted by Gasteiger charge is 2.67. The van der Waals surface area contributed by atoms with Crippen molar-refractivity contribution in [2.45, 2.75) is 45.8 Å². The summed E-state index contributed by atoms with van der Waals surface area (Å²) in [5, 5.41) is 12.2. The summed E-state index contributed by atoms with van der Waals surface area (Å²) in [6.45, 7) is 5.37. The highest BCUT2D eigenvalue weighted by molar-refractivity contribution is 5.85. The van der Waals surface area contributed by atoms with E-state index in [9.17, 15) is 19.5 Å². The zero-order chi connectivity index (χ0) is 21.7. The van der Waals surface area contributed by atoms with Gasteiger partial charge in [-0.05, 0) is 18.4 Å². The number of carboxylic acids is 1. The number of carboxylic acid groups (broad SMARTS) is 1. The number of hydrogen-bond donors (Lipinski definition) is 2. The molecular formula is C21H29NO7. The first-order chi connectivity index (χ1) is 13.6. The Morgan fingerprint density at radius 2 is 1.76 bits per heavy atom. The third kappa shape index (κ3) is 4.53. The number of esters is 1. The first-order valence-corrected chi connectivity index (χ1v) is 9.47. The molecule has 0 bridgehead atoms. The van der Waals surface area contributed by atoms with Gasteiger partial charge >= 0.3 is 18.0 Å². The Bertz CT molecular complexity index is 749. The van der Waals surface area contributed by atoms with E-state index in [2.05, 4.69) is 5.32 Å². The van der Waals surface area contributed by atoms with Gasteiger partial charge < -0.3 is 24.6 Å². The molecule has 2 rings (SSSR count). The number of methoxy groups -OCH3 is 1. The smallest absolute Gasteiger partial charge is 0.407 e. The standard InChI is InChI=1S/C21H29NO7/c1-19(2)20(3,14-27-4)10-11-21(19,17(24)25)29-16(23)12-22-18(26)28-13-15-8-6-5-7-9-15/h5-9H,10-14H2,1-4H3,(H,22,26)(H,24,25)/t20-,21+/m0/s1. The van der Waals surface area contributed by atoms with Crippen LogP contribution in [-0.2, 0) is 30.4 Å². The Morgan fingerprint density at radius 3 is 2.34 bits per heavy atom. The molecule has 1 aliphatic carbocycles. The zero-order valence-corrected chi connectivity index (χ0v) is 17.3. The molecule has 8 heteroatoms. The third-order valence-corrected chi connectivity index (χ3v) is 6.23. The number of carbonyl (C=O) groups is 3. The molecule has 29 heavy (non-hydrogen) atoms. The second-order valence-corrected chi connectivity index (χ2v) is 8.14. The van der Waals surface area contributed by atoms with Gasteiger partial charge in [0.15, 0.2) is 0 Å². The molecule has 0 saturated heterocycles. The quantitative estimate of drug-likeness (QED) is 0.637. The maximum atomic E-state index is 12.4. The third-order valence-electron chi connectivity index (χ3n) is 6.23. The van der Waals surface area contributed by atoms with Crippen LogP contribution in [0.3, 0.4) is 0 Å². The van der Waals surface area contributed by atoms with E-state index >= 15 is 0 Å². The van der Waals surface area contributed by atoms with Crippen molar-refractivity contribution in [2.75, 3.05) is 20.3 Å². The van der Waals surface area contributed by atoms with Crippen LogP contribution < -0.4 is 5.32 Å². The molecule has 1 fully saturated rings. The average Bonchev–Trinajstić information content (AvgIpc) is 2.87. The Morgan fingerprint density at radius 1 is 1.10 bits per heavy atom. The van der Waals surface area contributed by atoms with Crippen molar-refractivity contribution in [2.24, 2.45) is 10.8 Å². The first kappa shape index (κ1) is 22.7. The van der Waals surface area contributed by atoms with Crippen LogP contribution >= 0.6 is 0 Å². The van der Waals surface area contributed by atoms with Crippen molar-refractivity contribution in [3.8, 4) is 0 Å². The fourth-order valence-electron chi connectivity index (χ4n) is 3.88. The highest BCUT2D eigenvalue weighted by Crippen LogP contribution is 2.59. The minimum Gasteiger partial charge on any atom is -0.478 e. The molecule has 1 aromatic rings. The minimum atomic E-state index is -1.70. The maximum Gasteiger partial charge on any atom is 0.407 e. The molecule has 0 aromatic heterocycles. The van der Waals surface area contributed by atoms with Gasteiger partial charge in [-0.15, -0.1) is 0 Å². The summed E-state index contributed by atoms with van der Waals surface area (Å²) in [5.41, 5.74) is -2.26. The molecule has 0 aliphatic heterocycles. The van der Waals surface area contributed by atoms with E-state index in [1.807, 2.05) is 25.1 Å². The van der Waals surface area contributed by atoms with Gasteiger partial charge in [0.1, 0.15) is 13.2 Å². The maximum absolute atomic E-state index is 12.4. The van der Waals surface area contributed by atoms with E-state index in [0.29, 0.717) is 13.0 Å². The van der Waals surface area contributed by atoms with E-state index in [-0.39, 0.29) is 13.0 Å². The van der Waals surface area contributed by atoms with Gasteiger partial charge in [0, 0.05) is 17.9 Å². The number of alkyl carbamates (subject to hydrolysis) is 1. The minimum absolute atomic E-state index is 0.0587. The molecule has 0 unspecified atom stereocenters. The predicted molar refractivity (Wildman–Crippen MR) is 104 cm³/mol. The molecule has 8 nitrogen and oxygen atoms in total. The number of benzene rings is 1. The van der Waals surface area contributed by atoms with E-state index < -0.39 is 41.0 Å². The largest absolute Gasteiger partial charge is 0.478 e. The van der Waals surface area contributed by atoms with Crippen LogP contribution in [0.25, 0.3) is 0 Å². The first-order valence-electron chi connectivity index (χ1n) is 9.47.